The Labute approximate surface area is 136 Å². The average Bonchev–Trinajstić information content (AvgIpc) is 2.77. The number of hydrazone groups is 1. The van der Waals surface area contributed by atoms with Crippen LogP contribution < -0.4 is 5.32 Å². The Morgan fingerprint density at radius 3 is 2.57 bits per heavy atom. The molecule has 5 nitrogen and oxygen atoms in total. The minimum atomic E-state index is -0.719. The van der Waals surface area contributed by atoms with Crippen LogP contribution in [0, 0.1) is 0 Å². The van der Waals surface area contributed by atoms with Gasteiger partial charge in [-0.2, -0.15) is 5.10 Å². The molecular weight excluding hydrogens is 290 g/mol. The molecule has 120 valence electrons. The topological polar surface area (TPSA) is 61.8 Å². The zero-order valence-electron chi connectivity index (χ0n) is 13.3. The predicted molar refractivity (Wildman–Crippen MR) is 89.8 cm³/mol. The fourth-order valence-corrected chi connectivity index (χ4v) is 3.20. The Bertz CT molecular complexity index is 658. The first kappa shape index (κ1) is 15.5. The van der Waals surface area contributed by atoms with Crippen LogP contribution in [0.3, 0.4) is 0 Å². The van der Waals surface area contributed by atoms with Crippen molar-refractivity contribution in [3.05, 3.63) is 41.5 Å². The lowest BCUT2D eigenvalue weighted by Gasteiger charge is -2.29. The van der Waals surface area contributed by atoms with Gasteiger partial charge in [0.1, 0.15) is 5.54 Å². The molecule has 2 fully saturated rings. The summed E-state index contributed by atoms with van der Waals surface area (Å²) >= 11 is 0. The van der Waals surface area contributed by atoms with E-state index in [1.54, 1.807) is 6.21 Å². The second-order valence-corrected chi connectivity index (χ2v) is 6.23. The van der Waals surface area contributed by atoms with Gasteiger partial charge in [-0.25, -0.2) is 4.79 Å². The maximum atomic E-state index is 12.6. The molecule has 0 atom stereocenters. The largest absolute Gasteiger partial charge is 0.346 e. The smallest absolute Gasteiger partial charge is 0.321 e. The molecule has 0 aromatic heterocycles. The minimum Gasteiger partial charge on any atom is -0.321 e. The van der Waals surface area contributed by atoms with Crippen molar-refractivity contribution in [3.8, 4) is 0 Å². The van der Waals surface area contributed by atoms with Crippen molar-refractivity contribution in [3.63, 3.8) is 0 Å². The monoisotopic (exact) mass is 311 g/mol. The van der Waals surface area contributed by atoms with Crippen molar-refractivity contribution in [2.75, 3.05) is 0 Å². The van der Waals surface area contributed by atoms with Crippen molar-refractivity contribution in [1.29, 1.82) is 0 Å². The first-order chi connectivity index (χ1) is 11.1. The Morgan fingerprint density at radius 1 is 1.17 bits per heavy atom. The second-order valence-electron chi connectivity index (χ2n) is 6.23. The van der Waals surface area contributed by atoms with Crippen LogP contribution in [0.2, 0.25) is 0 Å². The van der Waals surface area contributed by atoms with Gasteiger partial charge in [0.25, 0.3) is 5.91 Å². The van der Waals surface area contributed by atoms with E-state index in [1.165, 1.54) is 0 Å². The molecule has 3 amide bonds. The number of carbonyl (C=O) groups is 2. The highest BCUT2D eigenvalue weighted by atomic mass is 16.2. The molecule has 1 saturated carbocycles. The molecule has 0 bridgehead atoms. The van der Waals surface area contributed by atoms with E-state index in [4.69, 9.17) is 0 Å². The van der Waals surface area contributed by atoms with E-state index in [9.17, 15) is 9.59 Å². The molecule has 2 aliphatic rings. The number of nitrogens with one attached hydrogen (secondary N) is 1. The van der Waals surface area contributed by atoms with Gasteiger partial charge in [-0.3, -0.25) is 4.79 Å². The van der Waals surface area contributed by atoms with E-state index in [2.05, 4.69) is 10.4 Å². The van der Waals surface area contributed by atoms with E-state index in [-0.39, 0.29) is 5.91 Å². The molecule has 1 aromatic carbocycles. The van der Waals surface area contributed by atoms with Crippen LogP contribution in [-0.2, 0) is 4.79 Å². The molecule has 23 heavy (non-hydrogen) atoms. The minimum absolute atomic E-state index is 0.217. The van der Waals surface area contributed by atoms with Gasteiger partial charge < -0.3 is 5.32 Å². The maximum Gasteiger partial charge on any atom is 0.346 e. The van der Waals surface area contributed by atoms with E-state index < -0.39 is 11.6 Å². The van der Waals surface area contributed by atoms with Gasteiger partial charge in [-0.05, 0) is 30.9 Å². The van der Waals surface area contributed by atoms with Crippen LogP contribution in [0.15, 0.2) is 41.0 Å². The number of nitrogens with zero attached hydrogens (tertiary/aromatic N) is 2. The number of rotatable bonds is 3. The van der Waals surface area contributed by atoms with Gasteiger partial charge in [0.15, 0.2) is 0 Å². The Kier molecular flexibility index (Phi) is 4.28. The highest BCUT2D eigenvalue weighted by molar-refractivity contribution is 6.07. The molecule has 3 rings (SSSR count). The number of hydrogen-bond donors (Lipinski definition) is 1. The Morgan fingerprint density at radius 2 is 1.87 bits per heavy atom. The molecule has 5 heteroatoms. The number of urea groups is 1. The summed E-state index contributed by atoms with van der Waals surface area (Å²) in [4.78, 5) is 24.7. The number of amides is 3. The molecular formula is C18H21N3O2. The van der Waals surface area contributed by atoms with Gasteiger partial charge in [0, 0.05) is 0 Å². The molecule has 1 aromatic rings. The summed E-state index contributed by atoms with van der Waals surface area (Å²) in [5, 5.41) is 7.94. The summed E-state index contributed by atoms with van der Waals surface area (Å²) in [7, 11) is 0. The lowest BCUT2D eigenvalue weighted by atomic mass is 9.82. The second kappa shape index (κ2) is 6.36. The zero-order valence-corrected chi connectivity index (χ0v) is 13.3. The fourth-order valence-electron chi connectivity index (χ4n) is 3.20. The quantitative estimate of drug-likeness (QED) is 0.687. The number of benzene rings is 1. The van der Waals surface area contributed by atoms with Crippen LogP contribution >= 0.6 is 0 Å². The summed E-state index contributed by atoms with van der Waals surface area (Å²) in [6, 6.07) is 9.43. The van der Waals surface area contributed by atoms with Crippen LogP contribution in [0.25, 0.3) is 6.08 Å². The molecule has 1 N–H and O–H groups in total. The number of imide groups is 1. The van der Waals surface area contributed by atoms with E-state index in [0.717, 1.165) is 35.4 Å². The van der Waals surface area contributed by atoms with E-state index >= 15 is 0 Å². The first-order valence-electron chi connectivity index (χ1n) is 8.05. The van der Waals surface area contributed by atoms with Gasteiger partial charge >= 0.3 is 6.03 Å². The lowest BCUT2D eigenvalue weighted by Crippen LogP contribution is -2.48. The fraction of sp³-hybridized carbons (Fsp3) is 0.389. The third kappa shape index (κ3) is 3.18. The molecule has 1 spiro atoms. The molecule has 0 unspecified atom stereocenters. The average molecular weight is 311 g/mol. The van der Waals surface area contributed by atoms with Gasteiger partial charge in [-0.1, -0.05) is 55.7 Å². The lowest BCUT2D eigenvalue weighted by molar-refractivity contribution is -0.132. The molecule has 0 radical (unpaired) electrons. The molecule has 1 aliphatic carbocycles. The normalized spacial score (nSPS) is 21.3. The van der Waals surface area contributed by atoms with Crippen molar-refractivity contribution in [1.82, 2.24) is 10.3 Å². The van der Waals surface area contributed by atoms with Gasteiger partial charge in [-0.15, -0.1) is 5.01 Å². The Balaban J connectivity index is 1.73. The van der Waals surface area contributed by atoms with E-state index in [1.807, 2.05) is 43.3 Å². The predicted octanol–water partition coefficient (Wildman–Crippen LogP) is 3.33. The standard InChI is InChI=1S/C18H21N3O2/c1-14(12-15-8-4-2-5-9-15)13-19-21-16(22)18(20-17(21)23)10-6-3-7-11-18/h2,4-5,8-9,12-13H,3,6-7,10-11H2,1H3,(H,20,23)/b14-12+,19-13+. The molecule has 1 heterocycles. The first-order valence-corrected chi connectivity index (χ1v) is 8.05. The molecule has 1 saturated heterocycles. The summed E-state index contributed by atoms with van der Waals surface area (Å²) in [5.41, 5.74) is 1.21. The van der Waals surface area contributed by atoms with Crippen LogP contribution in [0.5, 0.6) is 0 Å². The Hall–Kier alpha value is -2.43. The van der Waals surface area contributed by atoms with Crippen molar-refractivity contribution >= 4 is 24.2 Å². The van der Waals surface area contributed by atoms with E-state index in [0.29, 0.717) is 12.8 Å². The SMILES string of the molecule is CC(/C=N/N1C(=O)NC2(CCCCC2)C1=O)=C\c1ccccc1. The van der Waals surface area contributed by atoms with Gasteiger partial charge in [0.05, 0.1) is 6.21 Å². The third-order valence-corrected chi connectivity index (χ3v) is 4.42. The molecule has 1 aliphatic heterocycles. The third-order valence-electron chi connectivity index (χ3n) is 4.42. The van der Waals surface area contributed by atoms with Gasteiger partial charge in [0.2, 0.25) is 0 Å². The van der Waals surface area contributed by atoms with Crippen molar-refractivity contribution in [2.24, 2.45) is 5.10 Å². The summed E-state index contributed by atoms with van der Waals surface area (Å²) < 4.78 is 0. The number of allylic oxidation sites excluding steroid dienone is 1. The maximum absolute atomic E-state index is 12.6. The highest BCUT2D eigenvalue weighted by Gasteiger charge is 2.51. The number of carbonyl (C=O) groups excluding carboxylic acids is 2. The van der Waals surface area contributed by atoms with Crippen LogP contribution in [0.4, 0.5) is 4.79 Å². The highest BCUT2D eigenvalue weighted by Crippen LogP contribution is 2.33. The number of hydrogen-bond acceptors (Lipinski definition) is 3. The summed E-state index contributed by atoms with van der Waals surface area (Å²) in [5.74, 6) is -0.217. The summed E-state index contributed by atoms with van der Waals surface area (Å²) in [6.07, 6.45) is 8.00. The van der Waals surface area contributed by atoms with Crippen molar-refractivity contribution < 1.29 is 9.59 Å². The van der Waals surface area contributed by atoms with Crippen molar-refractivity contribution in [2.45, 2.75) is 44.6 Å². The van der Waals surface area contributed by atoms with Crippen LogP contribution in [-0.4, -0.2) is 28.7 Å². The van der Waals surface area contributed by atoms with Crippen LogP contribution in [0.1, 0.15) is 44.6 Å². The zero-order chi connectivity index (χ0) is 16.3. The summed E-state index contributed by atoms with van der Waals surface area (Å²) in [6.45, 7) is 1.89.